The van der Waals surface area contributed by atoms with E-state index in [-0.39, 0.29) is 6.42 Å². The molecule has 0 amide bonds. The summed E-state index contributed by atoms with van der Waals surface area (Å²) in [5, 5.41) is 9.76. The molecule has 0 radical (unpaired) electrons. The van der Waals surface area contributed by atoms with Crippen molar-refractivity contribution in [1.82, 2.24) is 0 Å². The number of hydrogen-bond donors (Lipinski definition) is 1. The molecule has 3 nitrogen and oxygen atoms in total. The number of hydrogen-bond acceptors (Lipinski definition) is 2. The van der Waals surface area contributed by atoms with Gasteiger partial charge in [-0.1, -0.05) is 60.1 Å². The standard InChI is InChI=1S/C21H17ClO3/c22-19-8-6-17(7-9-19)18-10-16(12-21(23)24)11-20(13-18)25-14-15-4-2-1-3-5-15/h1-11,13H,12,14H2,(H,23,24). The average Bonchev–Trinajstić information content (AvgIpc) is 2.61. The molecule has 0 bridgehead atoms. The number of rotatable bonds is 6. The first-order chi connectivity index (χ1) is 12.1. The van der Waals surface area contributed by atoms with Crippen LogP contribution in [0.25, 0.3) is 11.1 Å². The molecule has 0 aliphatic carbocycles. The summed E-state index contributed by atoms with van der Waals surface area (Å²) in [7, 11) is 0. The summed E-state index contributed by atoms with van der Waals surface area (Å²) in [6.45, 7) is 0.428. The van der Waals surface area contributed by atoms with Crippen LogP contribution in [0.4, 0.5) is 0 Å². The first-order valence-electron chi connectivity index (χ1n) is 7.88. The maximum atomic E-state index is 11.1. The van der Waals surface area contributed by atoms with E-state index in [1.165, 1.54) is 0 Å². The Morgan fingerprint density at radius 2 is 1.60 bits per heavy atom. The molecule has 0 saturated carbocycles. The molecule has 3 aromatic rings. The molecule has 0 atom stereocenters. The van der Waals surface area contributed by atoms with Crippen molar-refractivity contribution in [3.8, 4) is 16.9 Å². The number of benzene rings is 3. The molecule has 0 saturated heterocycles. The van der Waals surface area contributed by atoms with Crippen LogP contribution in [0.1, 0.15) is 11.1 Å². The quantitative estimate of drug-likeness (QED) is 0.662. The largest absolute Gasteiger partial charge is 0.489 e. The minimum atomic E-state index is -0.873. The first-order valence-corrected chi connectivity index (χ1v) is 8.26. The van der Waals surface area contributed by atoms with E-state index in [1.807, 2.05) is 66.7 Å². The Labute approximate surface area is 151 Å². The van der Waals surface area contributed by atoms with E-state index in [1.54, 1.807) is 6.07 Å². The summed E-state index contributed by atoms with van der Waals surface area (Å²) in [6.07, 6.45) is -0.0525. The second kappa shape index (κ2) is 7.86. The molecule has 0 heterocycles. The Morgan fingerprint density at radius 1 is 0.880 bits per heavy atom. The predicted molar refractivity (Wildman–Crippen MR) is 99.0 cm³/mol. The van der Waals surface area contributed by atoms with Gasteiger partial charge < -0.3 is 9.84 Å². The van der Waals surface area contributed by atoms with E-state index in [4.69, 9.17) is 21.4 Å². The maximum absolute atomic E-state index is 11.1. The maximum Gasteiger partial charge on any atom is 0.307 e. The molecular formula is C21H17ClO3. The van der Waals surface area contributed by atoms with Gasteiger partial charge in [0.1, 0.15) is 12.4 Å². The molecule has 0 aliphatic heterocycles. The fourth-order valence-corrected chi connectivity index (χ4v) is 2.70. The van der Waals surface area contributed by atoms with Crippen molar-refractivity contribution < 1.29 is 14.6 Å². The number of carboxylic acids is 1. The lowest BCUT2D eigenvalue weighted by Gasteiger charge is -2.11. The van der Waals surface area contributed by atoms with Crippen LogP contribution < -0.4 is 4.74 Å². The van der Waals surface area contributed by atoms with Crippen molar-refractivity contribution in [1.29, 1.82) is 0 Å². The van der Waals surface area contributed by atoms with Gasteiger partial charge in [0.2, 0.25) is 0 Å². The number of aliphatic carboxylic acids is 1. The lowest BCUT2D eigenvalue weighted by atomic mass is 10.0. The van der Waals surface area contributed by atoms with Gasteiger partial charge in [0.05, 0.1) is 6.42 Å². The Kier molecular flexibility index (Phi) is 5.36. The van der Waals surface area contributed by atoms with Crippen LogP contribution in [0, 0.1) is 0 Å². The molecule has 0 aromatic heterocycles. The number of halogens is 1. The summed E-state index contributed by atoms with van der Waals surface area (Å²) in [5.41, 5.74) is 3.61. The van der Waals surface area contributed by atoms with E-state index in [0.29, 0.717) is 22.9 Å². The highest BCUT2D eigenvalue weighted by molar-refractivity contribution is 6.30. The van der Waals surface area contributed by atoms with E-state index < -0.39 is 5.97 Å². The summed E-state index contributed by atoms with van der Waals surface area (Å²) in [5.74, 6) is -0.227. The third-order valence-electron chi connectivity index (χ3n) is 3.75. The lowest BCUT2D eigenvalue weighted by molar-refractivity contribution is -0.136. The highest BCUT2D eigenvalue weighted by Crippen LogP contribution is 2.28. The van der Waals surface area contributed by atoms with Gasteiger partial charge in [0.15, 0.2) is 0 Å². The Morgan fingerprint density at radius 3 is 2.28 bits per heavy atom. The van der Waals surface area contributed by atoms with E-state index >= 15 is 0 Å². The number of ether oxygens (including phenoxy) is 1. The summed E-state index contributed by atoms with van der Waals surface area (Å²) >= 11 is 5.95. The molecule has 126 valence electrons. The van der Waals surface area contributed by atoms with Crippen LogP contribution in [0.5, 0.6) is 5.75 Å². The van der Waals surface area contributed by atoms with Crippen molar-refractivity contribution in [2.75, 3.05) is 0 Å². The molecule has 3 aromatic carbocycles. The fourth-order valence-electron chi connectivity index (χ4n) is 2.57. The Bertz CT molecular complexity index is 858. The van der Waals surface area contributed by atoms with Gasteiger partial charge in [-0.3, -0.25) is 4.79 Å². The van der Waals surface area contributed by atoms with Gasteiger partial charge >= 0.3 is 5.97 Å². The zero-order chi connectivity index (χ0) is 17.6. The van der Waals surface area contributed by atoms with E-state index in [9.17, 15) is 4.79 Å². The minimum absolute atomic E-state index is 0.0525. The van der Waals surface area contributed by atoms with Gasteiger partial charge in [-0.2, -0.15) is 0 Å². The monoisotopic (exact) mass is 352 g/mol. The van der Waals surface area contributed by atoms with Crippen LogP contribution in [-0.4, -0.2) is 11.1 Å². The molecule has 0 aliphatic rings. The van der Waals surface area contributed by atoms with Gasteiger partial charge in [-0.25, -0.2) is 0 Å². The van der Waals surface area contributed by atoms with Crippen molar-refractivity contribution in [2.45, 2.75) is 13.0 Å². The molecule has 1 N–H and O–H groups in total. The highest BCUT2D eigenvalue weighted by atomic mass is 35.5. The van der Waals surface area contributed by atoms with Crippen molar-refractivity contribution >= 4 is 17.6 Å². The topological polar surface area (TPSA) is 46.5 Å². The molecule has 25 heavy (non-hydrogen) atoms. The second-order valence-corrected chi connectivity index (χ2v) is 6.15. The van der Waals surface area contributed by atoms with Crippen LogP contribution >= 0.6 is 11.6 Å². The minimum Gasteiger partial charge on any atom is -0.489 e. The van der Waals surface area contributed by atoms with Gasteiger partial charge in [0.25, 0.3) is 0 Å². The summed E-state index contributed by atoms with van der Waals surface area (Å²) in [4.78, 5) is 11.1. The third kappa shape index (κ3) is 4.85. The summed E-state index contributed by atoms with van der Waals surface area (Å²) < 4.78 is 5.88. The van der Waals surface area contributed by atoms with Crippen molar-refractivity contribution in [3.05, 3.63) is 88.9 Å². The molecule has 3 rings (SSSR count). The second-order valence-electron chi connectivity index (χ2n) is 5.72. The fraction of sp³-hybridized carbons (Fsp3) is 0.0952. The zero-order valence-electron chi connectivity index (χ0n) is 13.5. The van der Waals surface area contributed by atoms with Crippen LogP contribution in [0.15, 0.2) is 72.8 Å². The zero-order valence-corrected chi connectivity index (χ0v) is 14.2. The van der Waals surface area contributed by atoms with Crippen LogP contribution in [-0.2, 0) is 17.8 Å². The molecule has 4 heteroatoms. The molecule has 0 spiro atoms. The van der Waals surface area contributed by atoms with Crippen molar-refractivity contribution in [2.24, 2.45) is 0 Å². The Balaban J connectivity index is 1.89. The highest BCUT2D eigenvalue weighted by Gasteiger charge is 2.08. The normalized spacial score (nSPS) is 10.4. The molecule has 0 fully saturated rings. The predicted octanol–water partition coefficient (Wildman–Crippen LogP) is 5.21. The van der Waals surface area contributed by atoms with E-state index in [0.717, 1.165) is 16.7 Å². The lowest BCUT2D eigenvalue weighted by Crippen LogP contribution is -2.02. The van der Waals surface area contributed by atoms with Gasteiger partial charge in [0, 0.05) is 5.02 Å². The van der Waals surface area contributed by atoms with Crippen LogP contribution in [0.3, 0.4) is 0 Å². The SMILES string of the molecule is O=C(O)Cc1cc(OCc2ccccc2)cc(-c2ccc(Cl)cc2)c1. The third-order valence-corrected chi connectivity index (χ3v) is 4.00. The Hall–Kier alpha value is -2.78. The summed E-state index contributed by atoms with van der Waals surface area (Å²) in [6, 6.07) is 22.8. The van der Waals surface area contributed by atoms with Gasteiger partial charge in [-0.05, 0) is 46.5 Å². The molecule has 0 unspecified atom stereocenters. The van der Waals surface area contributed by atoms with Crippen molar-refractivity contribution in [3.63, 3.8) is 0 Å². The average molecular weight is 353 g/mol. The number of carboxylic acid groups (broad SMARTS) is 1. The smallest absolute Gasteiger partial charge is 0.307 e. The van der Waals surface area contributed by atoms with E-state index in [2.05, 4.69) is 0 Å². The molecular weight excluding hydrogens is 336 g/mol. The number of carbonyl (C=O) groups is 1. The van der Waals surface area contributed by atoms with Crippen LogP contribution in [0.2, 0.25) is 5.02 Å². The first kappa shape index (κ1) is 17.1. The van der Waals surface area contributed by atoms with Gasteiger partial charge in [-0.15, -0.1) is 0 Å².